The van der Waals surface area contributed by atoms with Crippen molar-refractivity contribution >= 4 is 8.81 Å². The summed E-state index contributed by atoms with van der Waals surface area (Å²) in [6.45, 7) is 0. The van der Waals surface area contributed by atoms with Crippen molar-refractivity contribution in [1.82, 2.24) is 0 Å². The Morgan fingerprint density at radius 2 is 1.33 bits per heavy atom. The van der Waals surface area contributed by atoms with Crippen LogP contribution in [0, 0.1) is 0 Å². The van der Waals surface area contributed by atoms with Crippen molar-refractivity contribution in [3.8, 4) is 0 Å². The van der Waals surface area contributed by atoms with E-state index in [1.807, 2.05) is 0 Å². The Labute approximate surface area is 110 Å². The Balaban J connectivity index is 1.83. The Morgan fingerprint density at radius 3 is 1.78 bits per heavy atom. The molecule has 0 radical (unpaired) electrons. The number of rotatable bonds is 5. The average molecular weight is 256 g/mol. The quantitative estimate of drug-likeness (QED) is 0.713. The highest BCUT2D eigenvalue weighted by molar-refractivity contribution is 7.33. The van der Waals surface area contributed by atoms with Crippen LogP contribution >= 0.6 is 8.81 Å². The zero-order chi connectivity index (χ0) is 12.2. The molecule has 1 unspecified atom stereocenters. The molecule has 0 saturated heterocycles. The lowest BCUT2D eigenvalue weighted by molar-refractivity contribution is 0.346. The Kier molecular flexibility index (Phi) is 3.73. The van der Waals surface area contributed by atoms with Crippen molar-refractivity contribution in [2.45, 2.75) is 24.6 Å². The molecule has 0 amide bonds. The normalized spacial score (nSPS) is 15.6. The van der Waals surface area contributed by atoms with Crippen LogP contribution in [-0.4, -0.2) is 6.10 Å². The Bertz CT molecular complexity index is 439. The second-order valence-electron chi connectivity index (χ2n) is 4.69. The third kappa shape index (κ3) is 2.98. The summed E-state index contributed by atoms with van der Waals surface area (Å²) in [5.41, 5.74) is 3.08. The smallest absolute Gasteiger partial charge is 0.0616 e. The number of hydrogen-bond donors (Lipinski definition) is 0. The fraction of sp³-hybridized carbons (Fsp3) is 0.250. The maximum atomic E-state index is 5.95. The molecule has 1 saturated carbocycles. The molecule has 3 rings (SSSR count). The van der Waals surface area contributed by atoms with Gasteiger partial charge in [-0.1, -0.05) is 60.7 Å². The summed E-state index contributed by atoms with van der Waals surface area (Å²) < 4.78 is 5.95. The van der Waals surface area contributed by atoms with Crippen LogP contribution in [0.4, 0.5) is 0 Å². The second kappa shape index (κ2) is 5.65. The minimum absolute atomic E-state index is 0.382. The van der Waals surface area contributed by atoms with Crippen LogP contribution in [0.3, 0.4) is 0 Å². The molecule has 0 aliphatic heterocycles. The highest BCUT2D eigenvalue weighted by Crippen LogP contribution is 2.44. The molecule has 92 valence electrons. The molecule has 2 heteroatoms. The van der Waals surface area contributed by atoms with E-state index in [2.05, 4.69) is 60.7 Å². The predicted octanol–water partition coefficient (Wildman–Crippen LogP) is 4.55. The first-order valence-corrected chi connectivity index (χ1v) is 7.43. The van der Waals surface area contributed by atoms with Gasteiger partial charge in [-0.2, -0.15) is 0 Å². The molecule has 1 fully saturated rings. The van der Waals surface area contributed by atoms with Crippen LogP contribution in [-0.2, 0) is 4.52 Å². The summed E-state index contributed by atoms with van der Waals surface area (Å²) in [6.07, 6.45) is 3.00. The summed E-state index contributed by atoms with van der Waals surface area (Å²) in [5.74, 6) is 0. The lowest BCUT2D eigenvalue weighted by Gasteiger charge is -2.17. The van der Waals surface area contributed by atoms with Gasteiger partial charge in [0.1, 0.15) is 0 Å². The molecule has 0 heterocycles. The highest BCUT2D eigenvalue weighted by Gasteiger charge is 2.24. The Hall–Kier alpha value is -1.17. The first-order chi connectivity index (χ1) is 8.93. The van der Waals surface area contributed by atoms with E-state index in [0.29, 0.717) is 20.6 Å². The van der Waals surface area contributed by atoms with E-state index in [1.165, 1.54) is 24.0 Å². The standard InChI is InChI=1S/C16H17OP/c1-3-7-13(8-4-1)16(18-17-15-11-12-15)14-9-5-2-6-10-14/h1-10,15-16,18H,11-12H2. The summed E-state index contributed by atoms with van der Waals surface area (Å²) in [6, 6.07) is 21.3. The van der Waals surface area contributed by atoms with Crippen LogP contribution in [0.25, 0.3) is 0 Å². The van der Waals surface area contributed by atoms with Crippen molar-refractivity contribution in [2.75, 3.05) is 0 Å². The first kappa shape index (κ1) is 11.9. The predicted molar refractivity (Wildman–Crippen MR) is 77.1 cm³/mol. The van der Waals surface area contributed by atoms with Gasteiger partial charge in [0.05, 0.1) is 11.8 Å². The number of hydrogen-bond acceptors (Lipinski definition) is 1. The molecule has 1 aliphatic rings. The SMILES string of the molecule is c1ccc(C(POC2CC2)c2ccccc2)cc1. The molecule has 1 atom stereocenters. The fourth-order valence-electron chi connectivity index (χ4n) is 1.97. The molecular weight excluding hydrogens is 239 g/mol. The third-order valence-electron chi connectivity index (χ3n) is 3.14. The minimum Gasteiger partial charge on any atom is -0.358 e. The van der Waals surface area contributed by atoms with Crippen molar-refractivity contribution < 1.29 is 4.52 Å². The monoisotopic (exact) mass is 256 g/mol. The van der Waals surface area contributed by atoms with Gasteiger partial charge in [0.2, 0.25) is 0 Å². The largest absolute Gasteiger partial charge is 0.358 e. The van der Waals surface area contributed by atoms with Gasteiger partial charge in [0.25, 0.3) is 0 Å². The van der Waals surface area contributed by atoms with Crippen molar-refractivity contribution in [2.24, 2.45) is 0 Å². The topological polar surface area (TPSA) is 9.23 Å². The molecule has 2 aromatic carbocycles. The van der Waals surface area contributed by atoms with Gasteiger partial charge in [-0.25, -0.2) is 0 Å². The lowest BCUT2D eigenvalue weighted by Crippen LogP contribution is -1.96. The van der Waals surface area contributed by atoms with Crippen LogP contribution in [0.1, 0.15) is 29.6 Å². The van der Waals surface area contributed by atoms with Gasteiger partial charge in [0, 0.05) is 8.81 Å². The molecule has 0 aromatic heterocycles. The number of benzene rings is 2. The van der Waals surface area contributed by atoms with E-state index >= 15 is 0 Å². The molecular formula is C16H17OP. The molecule has 0 spiro atoms. The van der Waals surface area contributed by atoms with Crippen LogP contribution in [0.2, 0.25) is 0 Å². The van der Waals surface area contributed by atoms with Gasteiger partial charge < -0.3 is 4.52 Å². The maximum absolute atomic E-state index is 5.95. The lowest BCUT2D eigenvalue weighted by atomic mass is 10.0. The van der Waals surface area contributed by atoms with E-state index in [-0.39, 0.29) is 0 Å². The minimum atomic E-state index is 0.382. The van der Waals surface area contributed by atoms with Crippen LogP contribution in [0.5, 0.6) is 0 Å². The first-order valence-electron chi connectivity index (χ1n) is 6.44. The summed E-state index contributed by atoms with van der Waals surface area (Å²) >= 11 is 0. The highest BCUT2D eigenvalue weighted by atomic mass is 31.1. The molecule has 1 aliphatic carbocycles. The zero-order valence-corrected chi connectivity index (χ0v) is 11.3. The van der Waals surface area contributed by atoms with Gasteiger partial charge >= 0.3 is 0 Å². The summed E-state index contributed by atoms with van der Waals surface area (Å²) in [7, 11) is 0.521. The van der Waals surface area contributed by atoms with E-state index in [9.17, 15) is 0 Å². The van der Waals surface area contributed by atoms with Crippen LogP contribution in [0.15, 0.2) is 60.7 Å². The average Bonchev–Trinajstić information content (AvgIpc) is 3.26. The second-order valence-corrected chi connectivity index (χ2v) is 5.74. The summed E-state index contributed by atoms with van der Waals surface area (Å²) in [4.78, 5) is 0. The fourth-order valence-corrected chi connectivity index (χ4v) is 3.19. The molecule has 0 N–H and O–H groups in total. The van der Waals surface area contributed by atoms with Gasteiger partial charge in [-0.3, -0.25) is 0 Å². The van der Waals surface area contributed by atoms with Crippen molar-refractivity contribution in [1.29, 1.82) is 0 Å². The van der Waals surface area contributed by atoms with Crippen molar-refractivity contribution in [3.05, 3.63) is 71.8 Å². The molecule has 1 nitrogen and oxygen atoms in total. The van der Waals surface area contributed by atoms with Crippen molar-refractivity contribution in [3.63, 3.8) is 0 Å². The molecule has 2 aromatic rings. The van der Waals surface area contributed by atoms with Gasteiger partial charge in [0.15, 0.2) is 0 Å². The molecule has 0 bridgehead atoms. The van der Waals surface area contributed by atoms with E-state index in [1.54, 1.807) is 0 Å². The third-order valence-corrected chi connectivity index (χ3v) is 4.51. The zero-order valence-electron chi connectivity index (χ0n) is 10.3. The van der Waals surface area contributed by atoms with E-state index < -0.39 is 0 Å². The van der Waals surface area contributed by atoms with E-state index in [0.717, 1.165) is 0 Å². The van der Waals surface area contributed by atoms with Crippen LogP contribution < -0.4 is 0 Å². The van der Waals surface area contributed by atoms with Gasteiger partial charge in [-0.05, 0) is 24.0 Å². The molecule has 18 heavy (non-hydrogen) atoms. The van der Waals surface area contributed by atoms with Gasteiger partial charge in [-0.15, -0.1) is 0 Å². The summed E-state index contributed by atoms with van der Waals surface area (Å²) in [5, 5.41) is 0. The van der Waals surface area contributed by atoms with E-state index in [4.69, 9.17) is 4.52 Å². The maximum Gasteiger partial charge on any atom is 0.0616 e. The Morgan fingerprint density at radius 1 is 0.833 bits per heavy atom.